The molecule has 118 valence electrons. The Morgan fingerprint density at radius 2 is 1.86 bits per heavy atom. The van der Waals surface area contributed by atoms with Gasteiger partial charge < -0.3 is 19.3 Å². The van der Waals surface area contributed by atoms with Crippen LogP contribution in [0.25, 0.3) is 0 Å². The Kier molecular flexibility index (Phi) is 3.59. The summed E-state index contributed by atoms with van der Waals surface area (Å²) in [5, 5.41) is 0. The van der Waals surface area contributed by atoms with Crippen LogP contribution < -0.4 is 4.90 Å². The van der Waals surface area contributed by atoms with Gasteiger partial charge >= 0.3 is 12.3 Å². The van der Waals surface area contributed by atoms with Crippen molar-refractivity contribution < 1.29 is 27.4 Å². The highest BCUT2D eigenvalue weighted by Crippen LogP contribution is 2.32. The van der Waals surface area contributed by atoms with Gasteiger partial charge in [-0.25, -0.2) is 4.79 Å². The number of hydrogen-bond acceptors (Lipinski definition) is 4. The molecule has 5 nitrogen and oxygen atoms in total. The molecule has 1 aromatic rings. The SMILES string of the molecule is O=C1OCCN1Cc1ccc(N2C=C(C(F)(F)F)OC2)cc1. The lowest BCUT2D eigenvalue weighted by Gasteiger charge is -2.16. The molecule has 0 saturated carbocycles. The molecule has 22 heavy (non-hydrogen) atoms. The normalized spacial score (nSPS) is 18.3. The molecule has 0 radical (unpaired) electrons. The molecule has 1 saturated heterocycles. The van der Waals surface area contributed by atoms with Crippen molar-refractivity contribution in [2.45, 2.75) is 12.7 Å². The number of alkyl halides is 3. The Morgan fingerprint density at radius 1 is 1.14 bits per heavy atom. The van der Waals surface area contributed by atoms with Crippen LogP contribution in [-0.2, 0) is 16.0 Å². The number of halogens is 3. The molecular formula is C14H13F3N2O3. The van der Waals surface area contributed by atoms with Gasteiger partial charge in [0.2, 0.25) is 5.76 Å². The Labute approximate surface area is 124 Å². The molecule has 1 fully saturated rings. The summed E-state index contributed by atoms with van der Waals surface area (Å²) in [7, 11) is 0. The highest BCUT2D eigenvalue weighted by molar-refractivity contribution is 5.69. The van der Waals surface area contributed by atoms with Crippen molar-refractivity contribution in [1.82, 2.24) is 4.90 Å². The summed E-state index contributed by atoms with van der Waals surface area (Å²) in [6.45, 7) is 1.16. The molecule has 0 aromatic heterocycles. The Bertz CT molecular complexity index is 598. The van der Waals surface area contributed by atoms with Crippen LogP contribution in [0.2, 0.25) is 0 Å². The van der Waals surface area contributed by atoms with Crippen molar-refractivity contribution in [1.29, 1.82) is 0 Å². The lowest BCUT2D eigenvalue weighted by atomic mass is 10.2. The van der Waals surface area contributed by atoms with Gasteiger partial charge in [-0.05, 0) is 17.7 Å². The fraction of sp³-hybridized carbons (Fsp3) is 0.357. The van der Waals surface area contributed by atoms with E-state index in [-0.39, 0.29) is 12.8 Å². The van der Waals surface area contributed by atoms with Crippen molar-refractivity contribution in [3.8, 4) is 0 Å². The fourth-order valence-electron chi connectivity index (χ4n) is 2.24. The highest BCUT2D eigenvalue weighted by atomic mass is 19.4. The smallest absolute Gasteiger partial charge is 0.450 e. The van der Waals surface area contributed by atoms with Gasteiger partial charge in [0.15, 0.2) is 6.73 Å². The van der Waals surface area contributed by atoms with Crippen molar-refractivity contribution in [2.75, 3.05) is 24.8 Å². The number of carbonyl (C=O) groups is 1. The molecule has 1 amide bonds. The minimum Gasteiger partial charge on any atom is -0.466 e. The van der Waals surface area contributed by atoms with Gasteiger partial charge in [-0.2, -0.15) is 13.2 Å². The Morgan fingerprint density at radius 3 is 2.41 bits per heavy atom. The average Bonchev–Trinajstić information content (AvgIpc) is 3.09. The monoisotopic (exact) mass is 314 g/mol. The second kappa shape index (κ2) is 5.43. The van der Waals surface area contributed by atoms with Gasteiger partial charge in [0.1, 0.15) is 6.61 Å². The van der Waals surface area contributed by atoms with E-state index >= 15 is 0 Å². The van der Waals surface area contributed by atoms with E-state index in [0.29, 0.717) is 25.4 Å². The second-order valence-electron chi connectivity index (χ2n) is 4.94. The maximum Gasteiger partial charge on any atom is 0.450 e. The summed E-state index contributed by atoms with van der Waals surface area (Å²) in [6.07, 6.45) is -3.90. The molecule has 0 unspecified atom stereocenters. The third kappa shape index (κ3) is 2.95. The van der Waals surface area contributed by atoms with Gasteiger partial charge in [-0.3, -0.25) is 0 Å². The minimum absolute atomic E-state index is 0.174. The van der Waals surface area contributed by atoms with Crippen LogP contribution in [0.3, 0.4) is 0 Å². The number of ether oxygens (including phenoxy) is 2. The molecule has 1 aromatic carbocycles. The molecule has 2 aliphatic heterocycles. The number of allylic oxidation sites excluding steroid dienone is 1. The number of rotatable bonds is 3. The number of cyclic esters (lactones) is 1. The summed E-state index contributed by atoms with van der Waals surface area (Å²) >= 11 is 0. The van der Waals surface area contributed by atoms with Gasteiger partial charge in [0.25, 0.3) is 0 Å². The Balaban J connectivity index is 1.67. The van der Waals surface area contributed by atoms with Crippen LogP contribution >= 0.6 is 0 Å². The van der Waals surface area contributed by atoms with Crippen molar-refractivity contribution in [2.24, 2.45) is 0 Å². The minimum atomic E-state index is -4.48. The van der Waals surface area contributed by atoms with Crippen molar-refractivity contribution in [3.05, 3.63) is 41.8 Å². The standard InChI is InChI=1S/C14H13F3N2O3/c15-14(16,17)12-8-19(9-22-12)11-3-1-10(2-4-11)7-18-5-6-21-13(18)20/h1-4,8H,5-7,9H2. The number of carbonyl (C=O) groups excluding carboxylic acids is 1. The maximum atomic E-state index is 12.5. The van der Waals surface area contributed by atoms with Crippen LogP contribution in [0.1, 0.15) is 5.56 Å². The first-order valence-corrected chi connectivity index (χ1v) is 6.62. The van der Waals surface area contributed by atoms with E-state index in [9.17, 15) is 18.0 Å². The first-order chi connectivity index (χ1) is 10.4. The maximum absolute atomic E-state index is 12.5. The molecule has 0 bridgehead atoms. The highest BCUT2D eigenvalue weighted by Gasteiger charge is 2.39. The number of anilines is 1. The van der Waals surface area contributed by atoms with E-state index < -0.39 is 11.9 Å². The predicted octanol–water partition coefficient (Wildman–Crippen LogP) is 2.84. The van der Waals surface area contributed by atoms with Gasteiger partial charge in [0.05, 0.1) is 12.7 Å². The second-order valence-corrected chi connectivity index (χ2v) is 4.94. The summed E-state index contributed by atoms with van der Waals surface area (Å²) in [4.78, 5) is 14.3. The first kappa shape index (κ1) is 14.6. The number of amides is 1. The summed E-state index contributed by atoms with van der Waals surface area (Å²) in [5.41, 5.74) is 1.47. The van der Waals surface area contributed by atoms with Gasteiger partial charge in [-0.15, -0.1) is 0 Å². The van der Waals surface area contributed by atoms with E-state index in [2.05, 4.69) is 4.74 Å². The Hall–Kier alpha value is -2.38. The van der Waals surface area contributed by atoms with E-state index in [1.807, 2.05) is 0 Å². The third-order valence-corrected chi connectivity index (χ3v) is 3.40. The molecule has 0 atom stereocenters. The first-order valence-electron chi connectivity index (χ1n) is 6.62. The fourth-order valence-corrected chi connectivity index (χ4v) is 2.24. The molecule has 8 heteroatoms. The molecule has 0 N–H and O–H groups in total. The number of benzene rings is 1. The topological polar surface area (TPSA) is 42.0 Å². The zero-order valence-corrected chi connectivity index (χ0v) is 11.5. The quantitative estimate of drug-likeness (QED) is 0.860. The van der Waals surface area contributed by atoms with Crippen LogP contribution in [0.5, 0.6) is 0 Å². The van der Waals surface area contributed by atoms with Crippen molar-refractivity contribution >= 4 is 11.8 Å². The molecule has 0 aliphatic carbocycles. The van der Waals surface area contributed by atoms with E-state index in [0.717, 1.165) is 11.8 Å². The van der Waals surface area contributed by atoms with E-state index in [1.54, 1.807) is 29.2 Å². The molecule has 3 rings (SSSR count). The lowest BCUT2D eigenvalue weighted by Crippen LogP contribution is -2.23. The van der Waals surface area contributed by atoms with Crippen LogP contribution in [0.15, 0.2) is 36.2 Å². The molecule has 2 aliphatic rings. The van der Waals surface area contributed by atoms with Crippen LogP contribution in [0, 0.1) is 0 Å². The number of nitrogens with zero attached hydrogens (tertiary/aromatic N) is 2. The van der Waals surface area contributed by atoms with E-state index in [4.69, 9.17) is 4.74 Å². The largest absolute Gasteiger partial charge is 0.466 e. The third-order valence-electron chi connectivity index (χ3n) is 3.40. The lowest BCUT2D eigenvalue weighted by molar-refractivity contribution is -0.126. The van der Waals surface area contributed by atoms with E-state index in [1.165, 1.54) is 4.90 Å². The zero-order valence-electron chi connectivity index (χ0n) is 11.5. The van der Waals surface area contributed by atoms with Gasteiger partial charge in [-0.1, -0.05) is 12.1 Å². The predicted molar refractivity (Wildman–Crippen MR) is 70.8 cm³/mol. The number of hydrogen-bond donors (Lipinski definition) is 0. The summed E-state index contributed by atoms with van der Waals surface area (Å²) in [6, 6.07) is 6.91. The summed E-state index contributed by atoms with van der Waals surface area (Å²) in [5.74, 6) is -1.00. The molecule has 2 heterocycles. The zero-order chi connectivity index (χ0) is 15.7. The van der Waals surface area contributed by atoms with Crippen LogP contribution in [0.4, 0.5) is 23.7 Å². The average molecular weight is 314 g/mol. The molecular weight excluding hydrogens is 301 g/mol. The van der Waals surface area contributed by atoms with Gasteiger partial charge in [0, 0.05) is 12.2 Å². The van der Waals surface area contributed by atoms with Crippen molar-refractivity contribution in [3.63, 3.8) is 0 Å². The van der Waals surface area contributed by atoms with Crippen LogP contribution in [-0.4, -0.2) is 37.1 Å². The molecule has 0 spiro atoms. The summed E-state index contributed by atoms with van der Waals surface area (Å²) < 4.78 is 47.0.